The first kappa shape index (κ1) is 16.2. The molecule has 1 amide bonds. The predicted molar refractivity (Wildman–Crippen MR) is 97.2 cm³/mol. The molecule has 124 valence electrons. The summed E-state index contributed by atoms with van der Waals surface area (Å²) >= 11 is 1.73. The summed E-state index contributed by atoms with van der Waals surface area (Å²) in [6.45, 7) is 9.94. The summed E-state index contributed by atoms with van der Waals surface area (Å²) in [6.07, 6.45) is 2.00. The highest BCUT2D eigenvalue weighted by atomic mass is 32.1. The molecule has 4 nitrogen and oxygen atoms in total. The summed E-state index contributed by atoms with van der Waals surface area (Å²) in [7, 11) is 0. The lowest BCUT2D eigenvalue weighted by molar-refractivity contribution is -0.126. The van der Waals surface area contributed by atoms with Gasteiger partial charge in [0.15, 0.2) is 5.13 Å². The second-order valence-corrected chi connectivity index (χ2v) is 8.50. The van der Waals surface area contributed by atoms with Gasteiger partial charge in [0.25, 0.3) is 0 Å². The molecule has 3 rings (SSSR count). The standard InChI is InChI=1S/C18H25N3OS/c1-12-7-8-14-15(10-12)23-17(19-14)21-9-5-6-13(11-21)16(22)20-18(2,3)4/h7-8,10,13H,5-6,9,11H2,1-4H3,(H,20,22). The number of piperidine rings is 1. The number of hydrogen-bond acceptors (Lipinski definition) is 4. The Kier molecular flexibility index (Phi) is 4.32. The number of hydrogen-bond donors (Lipinski definition) is 1. The highest BCUT2D eigenvalue weighted by Gasteiger charge is 2.29. The molecular formula is C18H25N3OS. The first-order valence-electron chi connectivity index (χ1n) is 8.26. The lowest BCUT2D eigenvalue weighted by Gasteiger charge is -2.33. The van der Waals surface area contributed by atoms with Crippen LogP contribution in [0, 0.1) is 12.8 Å². The Morgan fingerprint density at radius 2 is 2.17 bits per heavy atom. The molecule has 0 aliphatic carbocycles. The molecule has 5 heteroatoms. The third kappa shape index (κ3) is 3.83. The topological polar surface area (TPSA) is 45.2 Å². The molecule has 1 aliphatic rings. The second-order valence-electron chi connectivity index (χ2n) is 7.49. The molecule has 1 atom stereocenters. The first-order valence-corrected chi connectivity index (χ1v) is 9.08. The molecule has 1 saturated heterocycles. The Labute approximate surface area is 141 Å². The van der Waals surface area contributed by atoms with Crippen molar-refractivity contribution in [3.05, 3.63) is 23.8 Å². The van der Waals surface area contributed by atoms with E-state index < -0.39 is 0 Å². The van der Waals surface area contributed by atoms with Crippen LogP contribution >= 0.6 is 11.3 Å². The Balaban J connectivity index is 1.75. The van der Waals surface area contributed by atoms with Crippen LogP contribution in [0.4, 0.5) is 5.13 Å². The van der Waals surface area contributed by atoms with Crippen molar-refractivity contribution in [1.82, 2.24) is 10.3 Å². The number of carbonyl (C=O) groups excluding carboxylic acids is 1. The van der Waals surface area contributed by atoms with Gasteiger partial charge < -0.3 is 10.2 Å². The van der Waals surface area contributed by atoms with Crippen molar-refractivity contribution in [2.75, 3.05) is 18.0 Å². The van der Waals surface area contributed by atoms with Crippen LogP contribution in [0.3, 0.4) is 0 Å². The molecule has 1 unspecified atom stereocenters. The van der Waals surface area contributed by atoms with E-state index in [4.69, 9.17) is 4.98 Å². The fraction of sp³-hybridized carbons (Fsp3) is 0.556. The van der Waals surface area contributed by atoms with E-state index in [9.17, 15) is 4.79 Å². The van der Waals surface area contributed by atoms with Crippen LogP contribution < -0.4 is 10.2 Å². The number of anilines is 1. The second kappa shape index (κ2) is 6.11. The number of benzene rings is 1. The third-order valence-corrected chi connectivity index (χ3v) is 5.17. The number of carbonyl (C=O) groups is 1. The maximum absolute atomic E-state index is 12.5. The molecule has 2 heterocycles. The molecule has 1 fully saturated rings. The van der Waals surface area contributed by atoms with Crippen LogP contribution in [0.25, 0.3) is 10.2 Å². The quantitative estimate of drug-likeness (QED) is 0.912. The monoisotopic (exact) mass is 331 g/mol. The van der Waals surface area contributed by atoms with Gasteiger partial charge in [-0.25, -0.2) is 4.98 Å². The minimum absolute atomic E-state index is 0.0525. The third-order valence-electron chi connectivity index (χ3n) is 4.09. The molecule has 0 saturated carbocycles. The van der Waals surface area contributed by atoms with Crippen molar-refractivity contribution in [3.8, 4) is 0 Å². The molecule has 2 aromatic rings. The van der Waals surface area contributed by atoms with Crippen LogP contribution in [0.15, 0.2) is 18.2 Å². The number of nitrogens with zero attached hydrogens (tertiary/aromatic N) is 2. The molecule has 0 bridgehead atoms. The van der Waals surface area contributed by atoms with Gasteiger partial charge in [-0.05, 0) is 58.2 Å². The van der Waals surface area contributed by atoms with Crippen LogP contribution in [0.2, 0.25) is 0 Å². The molecule has 1 aromatic heterocycles. The highest BCUT2D eigenvalue weighted by molar-refractivity contribution is 7.22. The molecule has 0 radical (unpaired) electrons. The van der Waals surface area contributed by atoms with Crippen molar-refractivity contribution >= 4 is 32.6 Å². The zero-order valence-corrected chi connectivity index (χ0v) is 15.2. The van der Waals surface area contributed by atoms with E-state index >= 15 is 0 Å². The first-order chi connectivity index (χ1) is 10.8. The van der Waals surface area contributed by atoms with Gasteiger partial charge in [-0.3, -0.25) is 4.79 Å². The van der Waals surface area contributed by atoms with Crippen molar-refractivity contribution in [1.29, 1.82) is 0 Å². The summed E-state index contributed by atoms with van der Waals surface area (Å²) in [6, 6.07) is 6.37. The molecular weight excluding hydrogens is 306 g/mol. The van der Waals surface area contributed by atoms with E-state index in [0.29, 0.717) is 0 Å². The van der Waals surface area contributed by atoms with E-state index in [1.54, 1.807) is 11.3 Å². The minimum atomic E-state index is -0.174. The number of fused-ring (bicyclic) bond motifs is 1. The van der Waals surface area contributed by atoms with Crippen molar-refractivity contribution in [2.24, 2.45) is 5.92 Å². The zero-order chi connectivity index (χ0) is 16.6. The normalized spacial score (nSPS) is 19.1. The largest absolute Gasteiger partial charge is 0.351 e. The number of nitrogens with one attached hydrogen (secondary N) is 1. The zero-order valence-electron chi connectivity index (χ0n) is 14.3. The summed E-state index contributed by atoms with van der Waals surface area (Å²) in [5.74, 6) is 0.218. The average Bonchev–Trinajstić information content (AvgIpc) is 2.88. The fourth-order valence-electron chi connectivity index (χ4n) is 2.99. The van der Waals surface area contributed by atoms with E-state index in [-0.39, 0.29) is 17.4 Å². The highest BCUT2D eigenvalue weighted by Crippen LogP contribution is 2.32. The number of thiazole rings is 1. The summed E-state index contributed by atoms with van der Waals surface area (Å²) in [4.78, 5) is 19.5. The van der Waals surface area contributed by atoms with Crippen LogP contribution in [0.1, 0.15) is 39.2 Å². The molecule has 1 aromatic carbocycles. The van der Waals surface area contributed by atoms with Gasteiger partial charge in [-0.2, -0.15) is 0 Å². The average molecular weight is 331 g/mol. The Bertz CT molecular complexity index is 717. The van der Waals surface area contributed by atoms with E-state index in [1.165, 1.54) is 10.3 Å². The molecule has 1 aliphatic heterocycles. The van der Waals surface area contributed by atoms with Crippen LogP contribution in [0.5, 0.6) is 0 Å². The number of aryl methyl sites for hydroxylation is 1. The number of amides is 1. The molecule has 1 N–H and O–H groups in total. The Hall–Kier alpha value is -1.62. The smallest absolute Gasteiger partial charge is 0.225 e. The summed E-state index contributed by atoms with van der Waals surface area (Å²) < 4.78 is 1.22. The van der Waals surface area contributed by atoms with Gasteiger partial charge in [0.2, 0.25) is 5.91 Å². The van der Waals surface area contributed by atoms with Gasteiger partial charge in [0.05, 0.1) is 16.1 Å². The SMILES string of the molecule is Cc1ccc2nc(N3CCCC(C(=O)NC(C)(C)C)C3)sc2c1. The van der Waals surface area contributed by atoms with Crippen LogP contribution in [-0.4, -0.2) is 29.5 Å². The minimum Gasteiger partial charge on any atom is -0.351 e. The van der Waals surface area contributed by atoms with Crippen molar-refractivity contribution < 1.29 is 4.79 Å². The van der Waals surface area contributed by atoms with E-state index in [2.05, 4.69) is 35.3 Å². The molecule has 0 spiro atoms. The lowest BCUT2D eigenvalue weighted by atomic mass is 9.96. The van der Waals surface area contributed by atoms with Gasteiger partial charge in [-0.15, -0.1) is 0 Å². The Morgan fingerprint density at radius 3 is 2.91 bits per heavy atom. The van der Waals surface area contributed by atoms with Crippen molar-refractivity contribution in [2.45, 2.75) is 46.1 Å². The van der Waals surface area contributed by atoms with Gasteiger partial charge in [0, 0.05) is 18.6 Å². The number of aromatic nitrogens is 1. The summed E-state index contributed by atoms with van der Waals surface area (Å²) in [5.41, 5.74) is 2.14. The molecule has 23 heavy (non-hydrogen) atoms. The van der Waals surface area contributed by atoms with E-state index in [1.807, 2.05) is 20.8 Å². The van der Waals surface area contributed by atoms with Gasteiger partial charge in [0.1, 0.15) is 0 Å². The van der Waals surface area contributed by atoms with E-state index in [0.717, 1.165) is 36.6 Å². The van der Waals surface area contributed by atoms with Crippen LogP contribution in [-0.2, 0) is 4.79 Å². The van der Waals surface area contributed by atoms with Gasteiger partial charge >= 0.3 is 0 Å². The van der Waals surface area contributed by atoms with Crippen molar-refractivity contribution in [3.63, 3.8) is 0 Å². The maximum atomic E-state index is 12.5. The fourth-order valence-corrected chi connectivity index (χ4v) is 4.09. The predicted octanol–water partition coefficient (Wildman–Crippen LogP) is 3.74. The summed E-state index contributed by atoms with van der Waals surface area (Å²) in [5, 5.41) is 4.15. The number of rotatable bonds is 2. The Morgan fingerprint density at radius 1 is 1.39 bits per heavy atom. The lowest BCUT2D eigenvalue weighted by Crippen LogP contribution is -2.48. The van der Waals surface area contributed by atoms with Gasteiger partial charge in [-0.1, -0.05) is 17.4 Å². The maximum Gasteiger partial charge on any atom is 0.225 e.